The first-order valence-electron chi connectivity index (χ1n) is 18.7. The van der Waals surface area contributed by atoms with Gasteiger partial charge in [-0.1, -0.05) is 26.0 Å². The Hall–Kier alpha value is -5.58. The van der Waals surface area contributed by atoms with Crippen LogP contribution in [0.4, 0.5) is 9.59 Å². The summed E-state index contributed by atoms with van der Waals surface area (Å²) in [7, 11) is 2.77. The molecule has 0 aromatic heterocycles. The minimum atomic E-state index is -1.15. The SMILES string of the molecule is CC.CC1Cc2ccc(OCCNC(=O)OC(C)(C)C)c(c2)-c2cc(ccc2OCCNC(=O)OC(C)(C)C)C(N(C)C(=O)CN)C(=O)NCC(=O)N1.COC=O. The summed E-state index contributed by atoms with van der Waals surface area (Å²) in [6.45, 7) is 16.6. The van der Waals surface area contributed by atoms with Crippen molar-refractivity contribution in [2.75, 3.05) is 53.6 Å². The van der Waals surface area contributed by atoms with E-state index in [0.29, 0.717) is 41.1 Å². The van der Waals surface area contributed by atoms with E-state index < -0.39 is 41.2 Å². The van der Waals surface area contributed by atoms with Gasteiger partial charge in [0, 0.05) is 24.2 Å². The van der Waals surface area contributed by atoms with Crippen LogP contribution in [-0.4, -0.2) is 112 Å². The van der Waals surface area contributed by atoms with E-state index in [1.54, 1.807) is 65.8 Å². The summed E-state index contributed by atoms with van der Waals surface area (Å²) in [5.74, 6) is -0.623. The summed E-state index contributed by atoms with van der Waals surface area (Å²) in [4.78, 5) is 73.8. The van der Waals surface area contributed by atoms with E-state index in [9.17, 15) is 24.0 Å². The molecule has 318 valence electrons. The molecule has 0 fully saturated rings. The predicted molar refractivity (Wildman–Crippen MR) is 215 cm³/mol. The number of hydrogen-bond acceptors (Lipinski definition) is 12. The lowest BCUT2D eigenvalue weighted by molar-refractivity contribution is -0.138. The van der Waals surface area contributed by atoms with Gasteiger partial charge in [0.15, 0.2) is 0 Å². The Labute approximate surface area is 336 Å². The van der Waals surface area contributed by atoms with Gasteiger partial charge in [-0.25, -0.2) is 9.59 Å². The van der Waals surface area contributed by atoms with Crippen LogP contribution in [0.2, 0.25) is 0 Å². The van der Waals surface area contributed by atoms with Crippen molar-refractivity contribution in [3.05, 3.63) is 47.5 Å². The van der Waals surface area contributed by atoms with Crippen LogP contribution in [0.5, 0.6) is 11.5 Å². The highest BCUT2D eigenvalue weighted by atomic mass is 16.6. The lowest BCUT2D eigenvalue weighted by Crippen LogP contribution is -2.47. The van der Waals surface area contributed by atoms with Crippen LogP contribution < -0.4 is 36.5 Å². The van der Waals surface area contributed by atoms with Crippen molar-refractivity contribution in [3.63, 3.8) is 0 Å². The second kappa shape index (κ2) is 24.1. The fourth-order valence-electron chi connectivity index (χ4n) is 5.18. The summed E-state index contributed by atoms with van der Waals surface area (Å²) in [6, 6.07) is 9.15. The molecule has 0 saturated carbocycles. The molecule has 4 bridgehead atoms. The average Bonchev–Trinajstić information content (AvgIpc) is 3.13. The van der Waals surface area contributed by atoms with E-state index in [0.717, 1.165) is 5.56 Å². The van der Waals surface area contributed by atoms with Crippen LogP contribution in [0, 0.1) is 0 Å². The van der Waals surface area contributed by atoms with E-state index in [1.807, 2.05) is 32.9 Å². The molecule has 2 aromatic carbocycles. The number of methoxy groups -OCH3 is 1. The van der Waals surface area contributed by atoms with Gasteiger partial charge in [-0.05, 0) is 90.3 Å². The first kappa shape index (κ1) is 49.4. The summed E-state index contributed by atoms with van der Waals surface area (Å²) < 4.78 is 26.9. The number of amides is 5. The normalized spacial score (nSPS) is 15.2. The number of nitrogens with one attached hydrogen (secondary N) is 4. The number of nitrogens with zero attached hydrogens (tertiary/aromatic N) is 1. The molecule has 1 aliphatic heterocycles. The third-order valence-electron chi connectivity index (χ3n) is 7.38. The van der Waals surface area contributed by atoms with Gasteiger partial charge in [-0.15, -0.1) is 0 Å². The van der Waals surface area contributed by atoms with E-state index in [4.69, 9.17) is 29.5 Å². The molecule has 5 amide bonds. The molecule has 1 aliphatic rings. The summed E-state index contributed by atoms with van der Waals surface area (Å²) in [6.07, 6.45) is -0.712. The van der Waals surface area contributed by atoms with Crippen molar-refractivity contribution < 1.29 is 52.5 Å². The van der Waals surface area contributed by atoms with Crippen molar-refractivity contribution in [1.29, 1.82) is 0 Å². The number of carbonyl (C=O) groups excluding carboxylic acids is 6. The Bertz CT molecular complexity index is 1640. The molecule has 0 spiro atoms. The maximum atomic E-state index is 13.6. The van der Waals surface area contributed by atoms with Crippen molar-refractivity contribution in [1.82, 2.24) is 26.2 Å². The lowest BCUT2D eigenvalue weighted by Gasteiger charge is -2.29. The molecule has 0 saturated heterocycles. The van der Waals surface area contributed by atoms with E-state index in [2.05, 4.69) is 26.0 Å². The third kappa shape index (κ3) is 18.3. The number of hydrogen-bond donors (Lipinski definition) is 5. The third-order valence-corrected chi connectivity index (χ3v) is 7.38. The fourth-order valence-corrected chi connectivity index (χ4v) is 5.18. The average molecular weight is 803 g/mol. The highest BCUT2D eigenvalue weighted by Gasteiger charge is 2.30. The van der Waals surface area contributed by atoms with Crippen LogP contribution in [0.1, 0.15) is 79.5 Å². The zero-order valence-electron chi connectivity index (χ0n) is 35.2. The number of ether oxygens (including phenoxy) is 5. The molecule has 2 aromatic rings. The minimum Gasteiger partial charge on any atom is -0.491 e. The van der Waals surface area contributed by atoms with Crippen molar-refractivity contribution >= 4 is 36.4 Å². The number of likely N-dealkylation sites (N-methyl/N-ethyl adjacent to an activating group) is 1. The molecule has 57 heavy (non-hydrogen) atoms. The molecule has 0 radical (unpaired) electrons. The van der Waals surface area contributed by atoms with Crippen LogP contribution >= 0.6 is 0 Å². The summed E-state index contributed by atoms with van der Waals surface area (Å²) in [5, 5.41) is 10.9. The first-order chi connectivity index (χ1) is 26.8. The fraction of sp³-hybridized carbons (Fsp3) is 0.550. The summed E-state index contributed by atoms with van der Waals surface area (Å²) >= 11 is 0. The molecule has 17 nitrogen and oxygen atoms in total. The molecule has 2 unspecified atom stereocenters. The number of alkyl carbamates (subject to hydrolysis) is 2. The van der Waals surface area contributed by atoms with Gasteiger partial charge in [-0.3, -0.25) is 19.2 Å². The van der Waals surface area contributed by atoms with Crippen LogP contribution in [0.3, 0.4) is 0 Å². The molecule has 2 atom stereocenters. The topological polar surface area (TPSA) is 226 Å². The minimum absolute atomic E-state index is 0.0693. The Kier molecular flexibility index (Phi) is 20.9. The number of carbonyl (C=O) groups is 6. The standard InChI is InChI=1S/C36H52N6O9.C2H4O2.C2H6/c1-22-17-23-9-11-27(48-15-13-38-33(46)50-35(2,3)4)25(18-23)26-19-24(10-12-28(26)49-16-14-39-34(47)51-36(5,6)7)31(42(8)30(44)20-37)32(45)40-21-29(43)41-22;1-4-2-3;1-2/h9-12,18-19,22,31H,13-17,20-21,37H2,1-8H3,(H,38,46)(H,39,47)(H,40,45)(H,41,43);2H,1H3;1-2H3. The monoisotopic (exact) mass is 802 g/mol. The maximum absolute atomic E-state index is 13.6. The molecular weight excluding hydrogens is 740 g/mol. The van der Waals surface area contributed by atoms with Gasteiger partial charge >= 0.3 is 12.2 Å². The largest absolute Gasteiger partial charge is 0.491 e. The van der Waals surface area contributed by atoms with Gasteiger partial charge in [0.25, 0.3) is 6.47 Å². The van der Waals surface area contributed by atoms with Crippen molar-refractivity contribution in [3.8, 4) is 22.6 Å². The van der Waals surface area contributed by atoms with Gasteiger partial charge in [0.2, 0.25) is 17.7 Å². The predicted octanol–water partition coefficient (Wildman–Crippen LogP) is 3.61. The van der Waals surface area contributed by atoms with Gasteiger partial charge in [0.05, 0.1) is 33.3 Å². The molecule has 6 N–H and O–H groups in total. The zero-order valence-corrected chi connectivity index (χ0v) is 35.2. The van der Waals surface area contributed by atoms with E-state index >= 15 is 0 Å². The van der Waals surface area contributed by atoms with Crippen LogP contribution in [0.15, 0.2) is 36.4 Å². The van der Waals surface area contributed by atoms with E-state index in [1.165, 1.54) is 19.1 Å². The quantitative estimate of drug-likeness (QED) is 0.125. The summed E-state index contributed by atoms with van der Waals surface area (Å²) in [5.41, 5.74) is 6.75. The highest BCUT2D eigenvalue weighted by Crippen LogP contribution is 2.40. The Morgan fingerprint density at radius 3 is 1.84 bits per heavy atom. The van der Waals surface area contributed by atoms with Gasteiger partial charge in [0.1, 0.15) is 42.0 Å². The van der Waals surface area contributed by atoms with Crippen molar-refractivity contribution in [2.24, 2.45) is 5.73 Å². The molecule has 1 heterocycles. The molecule has 17 heteroatoms. The second-order valence-corrected chi connectivity index (χ2v) is 14.5. The Morgan fingerprint density at radius 1 is 0.877 bits per heavy atom. The van der Waals surface area contributed by atoms with Gasteiger partial charge in [-0.2, -0.15) is 0 Å². The van der Waals surface area contributed by atoms with Crippen molar-refractivity contribution in [2.45, 2.75) is 92.0 Å². The first-order valence-corrected chi connectivity index (χ1v) is 18.7. The number of benzene rings is 2. The zero-order chi connectivity index (χ0) is 43.3. The highest BCUT2D eigenvalue weighted by molar-refractivity contribution is 5.92. The number of nitrogens with two attached hydrogens (primary N) is 1. The van der Waals surface area contributed by atoms with E-state index in [-0.39, 0.29) is 51.3 Å². The smallest absolute Gasteiger partial charge is 0.407 e. The molecule has 3 rings (SSSR count). The Morgan fingerprint density at radius 2 is 1.37 bits per heavy atom. The molecular formula is C40H62N6O11. The lowest BCUT2D eigenvalue weighted by atomic mass is 9.94. The van der Waals surface area contributed by atoms with Gasteiger partial charge < -0.3 is 55.6 Å². The number of rotatable bonds is 11. The van der Waals surface area contributed by atoms with Crippen LogP contribution in [0.25, 0.3) is 11.1 Å². The maximum Gasteiger partial charge on any atom is 0.407 e. The Balaban J connectivity index is 0.00000254. The second-order valence-electron chi connectivity index (χ2n) is 14.5. The molecule has 0 aliphatic carbocycles. The number of fused-ring (bicyclic) bond motifs is 5. The van der Waals surface area contributed by atoms with Crippen LogP contribution in [-0.2, 0) is 39.8 Å².